The summed E-state index contributed by atoms with van der Waals surface area (Å²) in [6.45, 7) is 15.0. The number of nitrogens with one attached hydrogen (secondary N) is 4. The Morgan fingerprint density at radius 3 is 1.08 bits per heavy atom. The molecule has 0 spiro atoms. The summed E-state index contributed by atoms with van der Waals surface area (Å²) < 4.78 is 0. The number of benzene rings is 2. The van der Waals surface area contributed by atoms with Gasteiger partial charge in [0.25, 0.3) is 11.8 Å². The lowest BCUT2D eigenvalue weighted by molar-refractivity contribution is -0.129. The molecule has 0 aliphatic heterocycles. The predicted octanol–water partition coefficient (Wildman–Crippen LogP) is 2.86. The largest absolute Gasteiger partial charge is 0.355 e. The van der Waals surface area contributed by atoms with Gasteiger partial charge in [-0.1, -0.05) is 0 Å². The van der Waals surface area contributed by atoms with E-state index in [1.54, 1.807) is 14.1 Å². The number of carbonyl (C=O) groups excluding carboxylic acids is 4. The number of hydrogen-bond acceptors (Lipinski definition) is 6. The third-order valence-corrected chi connectivity index (χ3v) is 7.36. The fourth-order valence-corrected chi connectivity index (χ4v) is 4.56. The van der Waals surface area contributed by atoms with E-state index in [0.717, 1.165) is 55.6 Å². The van der Waals surface area contributed by atoms with Gasteiger partial charge in [0.1, 0.15) is 6.42 Å². The molecule has 4 amide bonds. The summed E-state index contributed by atoms with van der Waals surface area (Å²) in [7, 11) is 3.18. The Balaban J connectivity index is 2.08. The Kier molecular flexibility index (Phi) is 10.3. The molecule has 0 aliphatic carbocycles. The summed E-state index contributed by atoms with van der Waals surface area (Å²) in [5.74, 6) is -1.51. The van der Waals surface area contributed by atoms with Crippen LogP contribution in [0, 0.1) is 55.4 Å². The molecule has 2 aromatic rings. The maximum Gasteiger partial charge on any atom is 0.251 e. The number of carbonyl (C=O) groups is 4. The first-order valence-electron chi connectivity index (χ1n) is 12.6. The summed E-state index contributed by atoms with van der Waals surface area (Å²) in [4.78, 5) is 49.1. The van der Waals surface area contributed by atoms with Crippen LogP contribution in [0.25, 0.3) is 0 Å². The molecule has 0 atom stereocenters. The zero-order chi connectivity index (χ0) is 29.6. The van der Waals surface area contributed by atoms with Crippen molar-refractivity contribution in [2.75, 3.05) is 14.1 Å². The average Bonchev–Trinajstić information content (AvgIpc) is 2.90. The zero-order valence-corrected chi connectivity index (χ0v) is 24.4. The summed E-state index contributed by atoms with van der Waals surface area (Å²) in [6, 6.07) is 0. The number of amides is 4. The van der Waals surface area contributed by atoms with E-state index in [1.165, 1.54) is 12.4 Å². The van der Waals surface area contributed by atoms with E-state index in [2.05, 4.69) is 31.7 Å². The standard InChI is InChI=1S/C29H38N6O4/c1-14-18(5)26(28(38)30-9)19(6)15(2)22(14)12-32-34-24(36)11-25(37)35-33-13-23-16(3)20(7)27(29(39)31-10)21(8)17(23)4/h12-13H,11H2,1-10H3,(H,30,38)(H,31,39)(H,34,36)(H,35,37)/b32-12-,33-13-. The van der Waals surface area contributed by atoms with Gasteiger partial charge in [0.15, 0.2) is 0 Å². The monoisotopic (exact) mass is 534 g/mol. The molecule has 0 radical (unpaired) electrons. The van der Waals surface area contributed by atoms with Crippen LogP contribution in [0.15, 0.2) is 10.2 Å². The second kappa shape index (κ2) is 12.9. The molecule has 4 N–H and O–H groups in total. The lowest BCUT2D eigenvalue weighted by Crippen LogP contribution is -2.27. The molecule has 208 valence electrons. The molecule has 0 saturated carbocycles. The highest BCUT2D eigenvalue weighted by molar-refractivity contribution is 6.01. The lowest BCUT2D eigenvalue weighted by Gasteiger charge is -2.17. The Bertz CT molecular complexity index is 1240. The minimum Gasteiger partial charge on any atom is -0.355 e. The Morgan fingerprint density at radius 2 is 0.821 bits per heavy atom. The third kappa shape index (κ3) is 6.57. The fraction of sp³-hybridized carbons (Fsp3) is 0.379. The molecule has 2 rings (SSSR count). The van der Waals surface area contributed by atoms with Crippen LogP contribution in [-0.2, 0) is 9.59 Å². The number of rotatable bonds is 8. The molecule has 0 fully saturated rings. The van der Waals surface area contributed by atoms with Gasteiger partial charge in [0.2, 0.25) is 11.8 Å². The molecule has 0 bridgehead atoms. The van der Waals surface area contributed by atoms with Gasteiger partial charge in [-0.15, -0.1) is 0 Å². The maximum absolute atomic E-state index is 12.3. The molecule has 0 aliphatic rings. The minimum absolute atomic E-state index is 0.154. The fourth-order valence-electron chi connectivity index (χ4n) is 4.56. The minimum atomic E-state index is -0.598. The van der Waals surface area contributed by atoms with Crippen molar-refractivity contribution in [3.05, 3.63) is 66.8 Å². The Morgan fingerprint density at radius 1 is 0.538 bits per heavy atom. The maximum atomic E-state index is 12.3. The van der Waals surface area contributed by atoms with Crippen molar-refractivity contribution < 1.29 is 19.2 Å². The summed E-state index contributed by atoms with van der Waals surface area (Å²) in [5, 5.41) is 13.4. The van der Waals surface area contributed by atoms with Crippen molar-refractivity contribution in [1.82, 2.24) is 21.5 Å². The number of nitrogens with zero attached hydrogens (tertiary/aromatic N) is 2. The van der Waals surface area contributed by atoms with E-state index in [0.29, 0.717) is 11.1 Å². The first-order valence-corrected chi connectivity index (χ1v) is 12.6. The number of hydrogen-bond donors (Lipinski definition) is 4. The second-order valence-corrected chi connectivity index (χ2v) is 9.50. The predicted molar refractivity (Wildman–Crippen MR) is 154 cm³/mol. The van der Waals surface area contributed by atoms with E-state index in [9.17, 15) is 19.2 Å². The van der Waals surface area contributed by atoms with E-state index in [1.807, 2.05) is 55.4 Å². The van der Waals surface area contributed by atoms with Gasteiger partial charge >= 0.3 is 0 Å². The van der Waals surface area contributed by atoms with E-state index in [4.69, 9.17) is 0 Å². The highest BCUT2D eigenvalue weighted by Gasteiger charge is 2.19. The average molecular weight is 535 g/mol. The summed E-state index contributed by atoms with van der Waals surface area (Å²) in [6.07, 6.45) is 2.57. The van der Waals surface area contributed by atoms with Crippen LogP contribution in [0.5, 0.6) is 0 Å². The molecule has 2 aromatic carbocycles. The van der Waals surface area contributed by atoms with Crippen LogP contribution in [0.3, 0.4) is 0 Å². The van der Waals surface area contributed by atoms with Crippen molar-refractivity contribution in [3.63, 3.8) is 0 Å². The van der Waals surface area contributed by atoms with Gasteiger partial charge in [-0.25, -0.2) is 10.9 Å². The first-order chi connectivity index (χ1) is 18.3. The van der Waals surface area contributed by atoms with Crippen molar-refractivity contribution in [2.24, 2.45) is 10.2 Å². The van der Waals surface area contributed by atoms with Crippen LogP contribution in [0.1, 0.15) is 82.8 Å². The SMILES string of the molecule is CNC(=O)c1c(C)c(C)c(/C=N\NC(=O)CC(=O)N/N=C\c2c(C)c(C)c(C(=O)NC)c(C)c2C)c(C)c1C. The molecule has 0 unspecified atom stereocenters. The van der Waals surface area contributed by atoms with Crippen LogP contribution in [0.2, 0.25) is 0 Å². The molecular formula is C29H38N6O4. The highest BCUT2D eigenvalue weighted by atomic mass is 16.2. The number of hydrazone groups is 2. The molecule has 0 aromatic heterocycles. The van der Waals surface area contributed by atoms with Gasteiger partial charge in [-0.05, 0) is 99.9 Å². The lowest BCUT2D eigenvalue weighted by atomic mass is 9.89. The topological polar surface area (TPSA) is 141 Å². The molecule has 10 heteroatoms. The molecule has 0 saturated heterocycles. The molecule has 0 heterocycles. The normalized spacial score (nSPS) is 11.1. The quantitative estimate of drug-likeness (QED) is 0.235. The highest BCUT2D eigenvalue weighted by Crippen LogP contribution is 2.26. The van der Waals surface area contributed by atoms with Crippen LogP contribution in [-0.4, -0.2) is 50.2 Å². The van der Waals surface area contributed by atoms with Crippen LogP contribution < -0.4 is 21.5 Å². The van der Waals surface area contributed by atoms with Crippen LogP contribution >= 0.6 is 0 Å². The second-order valence-electron chi connectivity index (χ2n) is 9.50. The Labute approximate surface area is 229 Å². The zero-order valence-electron chi connectivity index (χ0n) is 24.4. The van der Waals surface area contributed by atoms with Crippen LogP contribution in [0.4, 0.5) is 0 Å². The smallest absolute Gasteiger partial charge is 0.251 e. The van der Waals surface area contributed by atoms with Gasteiger partial charge < -0.3 is 10.6 Å². The third-order valence-electron chi connectivity index (χ3n) is 7.36. The van der Waals surface area contributed by atoms with E-state index < -0.39 is 18.2 Å². The molecule has 10 nitrogen and oxygen atoms in total. The van der Waals surface area contributed by atoms with Gasteiger partial charge in [0, 0.05) is 36.3 Å². The van der Waals surface area contributed by atoms with Crippen molar-refractivity contribution in [1.29, 1.82) is 0 Å². The van der Waals surface area contributed by atoms with Crippen molar-refractivity contribution in [2.45, 2.75) is 61.8 Å². The summed E-state index contributed by atoms with van der Waals surface area (Å²) in [5.41, 5.74) is 14.4. The van der Waals surface area contributed by atoms with Crippen molar-refractivity contribution >= 4 is 36.1 Å². The molecule has 39 heavy (non-hydrogen) atoms. The van der Waals surface area contributed by atoms with E-state index in [-0.39, 0.29) is 11.8 Å². The van der Waals surface area contributed by atoms with E-state index >= 15 is 0 Å². The Hall–Kier alpha value is -4.34. The van der Waals surface area contributed by atoms with Crippen molar-refractivity contribution in [3.8, 4) is 0 Å². The van der Waals surface area contributed by atoms with Gasteiger partial charge in [0.05, 0.1) is 12.4 Å². The van der Waals surface area contributed by atoms with Gasteiger partial charge in [-0.2, -0.15) is 10.2 Å². The van der Waals surface area contributed by atoms with Gasteiger partial charge in [-0.3, -0.25) is 19.2 Å². The molecular weight excluding hydrogens is 496 g/mol. The first kappa shape index (κ1) is 30.9. The summed E-state index contributed by atoms with van der Waals surface area (Å²) >= 11 is 0.